The second-order valence-electron chi connectivity index (χ2n) is 26.8. The molecule has 0 unspecified atom stereocenters. The molecule has 48 heteroatoms. The number of imidazole rings is 5. The molecule has 0 aliphatic carbocycles. The lowest BCUT2D eigenvalue weighted by Crippen LogP contribution is -2.46. The number of aliphatic hydroxyl groups is 10. The van der Waals surface area contributed by atoms with Crippen molar-refractivity contribution in [1.29, 1.82) is 0 Å². The fourth-order valence-corrected chi connectivity index (χ4v) is 14.3. The molecule has 0 spiro atoms. The number of aromatic amines is 3. The van der Waals surface area contributed by atoms with E-state index in [2.05, 4.69) is 92.5 Å². The molecule has 5 aliphatic heterocycles. The van der Waals surface area contributed by atoms with Gasteiger partial charge in [-0.3, -0.25) is 47.2 Å². The van der Waals surface area contributed by atoms with E-state index in [1.54, 1.807) is 9.13 Å². The highest BCUT2D eigenvalue weighted by atomic mass is 19.4. The Kier molecular flexibility index (Phi) is 23.8. The maximum absolute atomic E-state index is 13.5. The molecule has 5 fully saturated rings. The number of nitrogens with two attached hydrogens (primary N) is 4. The van der Waals surface area contributed by atoms with Crippen molar-refractivity contribution in [3.63, 3.8) is 0 Å². The Bertz CT molecular complexity index is 5700. The third-order valence-corrected chi connectivity index (χ3v) is 20.6. The molecule has 616 valence electrons. The van der Waals surface area contributed by atoms with Crippen LogP contribution in [0.3, 0.4) is 0 Å². The topological polar surface area (TPSA) is 630 Å². The summed E-state index contributed by atoms with van der Waals surface area (Å²) in [6.07, 6.45) is 15.4. The van der Waals surface area contributed by atoms with Crippen molar-refractivity contribution >= 4 is 79.4 Å². The molecular weight excluding hydrogens is 1550 g/mol. The van der Waals surface area contributed by atoms with E-state index in [9.17, 15) is 91.8 Å². The Labute approximate surface area is 646 Å². The van der Waals surface area contributed by atoms with Crippen LogP contribution in [0.15, 0.2) is 65.0 Å². The van der Waals surface area contributed by atoms with Crippen molar-refractivity contribution in [1.82, 2.24) is 97.6 Å². The Hall–Kier alpha value is -11.9. The van der Waals surface area contributed by atoms with Crippen LogP contribution in [0.5, 0.6) is 0 Å². The van der Waals surface area contributed by atoms with Gasteiger partial charge >= 0.3 is 12.4 Å². The molecule has 15 rings (SSSR count). The summed E-state index contributed by atoms with van der Waals surface area (Å²) >= 11 is 0. The standard InChI is InChI=1S/C14H17N5O4.C14H17N5O3.C14H16N4O4.C13H12F3N5O4.C13H12F3N5O3/c1-3-7-9(21)14(4-2,5-20)23-12(7)19-6-16-8-10(19)17-13(15)18-11(8)22;1-3-8-10(21)14(4-2,5-20)22-13(8)19-7-18-9-11(15)16-6-17-12(9)19;1-3-8-10(20)14(4-2,5-19)22-13(8)18-7-17-9-11(18)15-6-16-12(9)21;1-2-12(3-22)7(23)5(13(14,15)16)10(25-12)21-4-18-6-8(21)19-11(17)20-9(6)24;1-2-12(3-22)8(23)6(13(14,15)16)11(24-12)21-5-20-7-9(17)18-4-19-10(7)21/h2,6-7,9,12,20-21H,3,5H2,1H3,(H3,15,17,18,22);2,6-8,10,13,20-21H,3,5H2,1H3,(H2,15,16,17);2,6-8,10,13,19-20H,3,5H2,1H3,(H,15,16,21);1,4-5,7,10,22-23H,3H2,(H3,17,19,20,24);1,4-6,8,11,22-23H,3H2,(H2,17,18,19)/t7-,9-,12+,14+;2*8-,10-,13+,14+;5-,7-,10+,12+;6-,8-,11+,12+/m00000/s1. The van der Waals surface area contributed by atoms with Crippen molar-refractivity contribution in [2.24, 2.45) is 29.6 Å². The fraction of sp³-hybridized carbons (Fsp3) is 0.485. The van der Waals surface area contributed by atoms with E-state index in [0.29, 0.717) is 36.1 Å². The van der Waals surface area contributed by atoms with Crippen LogP contribution in [-0.4, -0.2) is 253 Å². The first kappa shape index (κ1) is 85.0. The molecule has 0 aromatic carbocycles. The van der Waals surface area contributed by atoms with Crippen molar-refractivity contribution in [2.75, 3.05) is 56.0 Å². The van der Waals surface area contributed by atoms with E-state index in [-0.39, 0.29) is 79.9 Å². The summed E-state index contributed by atoms with van der Waals surface area (Å²) in [6.45, 7) is 2.13. The average Bonchev–Trinajstić information content (AvgIpc) is 1.10. The summed E-state index contributed by atoms with van der Waals surface area (Å²) in [5.74, 6) is 4.74. The number of nitrogen functional groups attached to an aromatic ring is 4. The maximum Gasteiger partial charge on any atom is 0.398 e. The van der Waals surface area contributed by atoms with Gasteiger partial charge in [-0.05, 0) is 19.3 Å². The van der Waals surface area contributed by atoms with Crippen LogP contribution in [0.2, 0.25) is 0 Å². The van der Waals surface area contributed by atoms with Gasteiger partial charge in [-0.2, -0.15) is 36.3 Å². The van der Waals surface area contributed by atoms with Gasteiger partial charge in [-0.15, -0.1) is 32.1 Å². The highest BCUT2D eigenvalue weighted by Crippen LogP contribution is 2.53. The number of anilines is 4. The van der Waals surface area contributed by atoms with Crippen LogP contribution in [0.4, 0.5) is 49.9 Å². The SMILES string of the molecule is C#C[C@]1(CO)O[C@@H](n2cnc3c(=O)[nH]c(N)nc32)[C@@H](C(F)(F)F)[C@@H]1O.C#C[C@]1(CO)O[C@@H](n2cnc3c(=O)[nH]c(N)nc32)[C@@H](CC)[C@@H]1O.C#C[C@]1(CO)O[C@@H](n2cnc3c(=O)[nH]cnc32)[C@@H](CC)[C@@H]1O.C#C[C@]1(CO)O[C@@H](n2cnc3c(N)ncnc32)[C@@H](C(F)(F)F)[C@@H]1O.C#C[C@]1(CO)O[C@@H](n2cnc3c(N)ncnc32)[C@@H](CC)[C@@H]1O. The molecule has 5 aliphatic rings. The van der Waals surface area contributed by atoms with Crippen LogP contribution in [0.25, 0.3) is 55.8 Å². The molecule has 10 aromatic heterocycles. The second kappa shape index (κ2) is 32.4. The number of nitrogens with one attached hydrogen (secondary N) is 3. The van der Waals surface area contributed by atoms with Gasteiger partial charge in [0.25, 0.3) is 16.7 Å². The lowest BCUT2D eigenvalue weighted by atomic mass is 9.89. The third kappa shape index (κ3) is 14.3. The molecule has 0 amide bonds. The molecule has 5 saturated heterocycles. The number of aliphatic hydroxyl groups excluding tert-OH is 10. The van der Waals surface area contributed by atoms with E-state index in [4.69, 9.17) is 78.7 Å². The number of fused-ring (bicyclic) bond motifs is 5. The van der Waals surface area contributed by atoms with Crippen LogP contribution in [-0.2, 0) is 23.7 Å². The van der Waals surface area contributed by atoms with Crippen LogP contribution >= 0.6 is 0 Å². The van der Waals surface area contributed by atoms with E-state index >= 15 is 0 Å². The van der Waals surface area contributed by atoms with E-state index in [0.717, 1.165) is 28.1 Å². The van der Waals surface area contributed by atoms with Crippen molar-refractivity contribution in [2.45, 2.75) is 142 Å². The van der Waals surface area contributed by atoms with Gasteiger partial charge in [0.1, 0.15) is 84.7 Å². The highest BCUT2D eigenvalue weighted by Gasteiger charge is 2.66. The summed E-state index contributed by atoms with van der Waals surface area (Å²) in [6, 6.07) is 0. The number of hydrogen-bond acceptors (Lipinski definition) is 34. The minimum absolute atomic E-state index is 0.0142. The molecule has 21 N–H and O–H groups in total. The predicted molar refractivity (Wildman–Crippen MR) is 387 cm³/mol. The number of rotatable bonds is 13. The van der Waals surface area contributed by atoms with Gasteiger partial charge in [-0.1, -0.05) is 50.4 Å². The zero-order valence-corrected chi connectivity index (χ0v) is 60.7. The van der Waals surface area contributed by atoms with Crippen LogP contribution < -0.4 is 39.6 Å². The smallest absolute Gasteiger partial charge is 0.392 e. The van der Waals surface area contributed by atoms with Gasteiger partial charge in [-0.25, -0.2) is 49.8 Å². The van der Waals surface area contributed by atoms with Gasteiger partial charge < -0.3 is 103 Å². The molecule has 0 radical (unpaired) electrons. The lowest BCUT2D eigenvalue weighted by molar-refractivity contribution is -0.211. The Balaban J connectivity index is 0.000000143. The summed E-state index contributed by atoms with van der Waals surface area (Å²) in [7, 11) is 0. The first-order valence-corrected chi connectivity index (χ1v) is 34.6. The second-order valence-corrected chi connectivity index (χ2v) is 26.8. The van der Waals surface area contributed by atoms with Gasteiger partial charge in [0.05, 0.1) is 71.0 Å². The summed E-state index contributed by atoms with van der Waals surface area (Å²) in [5.41, 5.74) is 13.3. The average molecular weight is 1630 g/mol. The Morgan fingerprint density at radius 2 is 0.672 bits per heavy atom. The van der Waals surface area contributed by atoms with Crippen molar-refractivity contribution in [3.8, 4) is 61.7 Å². The van der Waals surface area contributed by atoms with Crippen molar-refractivity contribution in [3.05, 3.63) is 81.7 Å². The number of terminal acetylenes is 5. The quantitative estimate of drug-likeness (QED) is 0.0405. The van der Waals surface area contributed by atoms with Crippen molar-refractivity contribution < 1.29 is 101 Å². The van der Waals surface area contributed by atoms with E-state index in [1.807, 2.05) is 32.6 Å². The zero-order chi connectivity index (χ0) is 84.9. The minimum Gasteiger partial charge on any atom is -0.392 e. The summed E-state index contributed by atoms with van der Waals surface area (Å²) in [5, 5.41) is 99.0. The van der Waals surface area contributed by atoms with Crippen LogP contribution in [0.1, 0.15) is 71.2 Å². The Morgan fingerprint density at radius 1 is 0.405 bits per heavy atom. The third-order valence-electron chi connectivity index (χ3n) is 20.6. The molecule has 20 atom stereocenters. The first-order chi connectivity index (χ1) is 55.0. The van der Waals surface area contributed by atoms with Gasteiger partial charge in [0.2, 0.25) is 11.9 Å². The molecule has 0 saturated carbocycles. The largest absolute Gasteiger partial charge is 0.398 e. The van der Waals surface area contributed by atoms with Gasteiger partial charge in [0, 0.05) is 17.8 Å². The minimum atomic E-state index is -4.93. The highest BCUT2D eigenvalue weighted by molar-refractivity contribution is 5.82. The molecule has 10 aromatic rings. The lowest BCUT2D eigenvalue weighted by Gasteiger charge is -2.25. The summed E-state index contributed by atoms with van der Waals surface area (Å²) in [4.78, 5) is 89.7. The number of hydrogen-bond donors (Lipinski definition) is 17. The summed E-state index contributed by atoms with van der Waals surface area (Å²) < 4.78 is 115. The number of H-pyrrole nitrogens is 3. The zero-order valence-electron chi connectivity index (χ0n) is 60.7. The number of halogens is 6. The monoisotopic (exact) mass is 1630 g/mol. The maximum atomic E-state index is 13.5. The van der Waals surface area contributed by atoms with E-state index < -0.39 is 164 Å². The van der Waals surface area contributed by atoms with Gasteiger partial charge in [0.15, 0.2) is 96.9 Å². The fourth-order valence-electron chi connectivity index (χ4n) is 14.3. The number of nitrogens with zero attached hydrogens (tertiary/aromatic N) is 17. The molecule has 0 bridgehead atoms. The molecule has 15 heterocycles. The number of ether oxygens (including phenoxy) is 5. The van der Waals surface area contributed by atoms with E-state index in [1.165, 1.54) is 36.2 Å². The van der Waals surface area contributed by atoms with Crippen LogP contribution in [0, 0.1) is 91.3 Å². The molecule has 42 nitrogen and oxygen atoms in total. The normalized spacial score (nSPS) is 30.8. The number of aromatic nitrogens is 20. The Morgan fingerprint density at radius 3 is 0.974 bits per heavy atom. The predicted octanol–water partition coefficient (Wildman–Crippen LogP) is -2.95. The molecular formula is C68H74F6N24O18. The first-order valence-electron chi connectivity index (χ1n) is 34.6. The number of alkyl halides is 6. The molecule has 116 heavy (non-hydrogen) atoms.